The fourth-order valence-electron chi connectivity index (χ4n) is 3.79. The Kier molecular flexibility index (Phi) is 9.57. The van der Waals surface area contributed by atoms with Crippen molar-refractivity contribution >= 4 is 34.1 Å². The molecule has 2 N–H and O–H groups in total. The molecule has 0 fully saturated rings. The van der Waals surface area contributed by atoms with Crippen LogP contribution in [0.3, 0.4) is 0 Å². The molecule has 9 nitrogen and oxygen atoms in total. The maximum Gasteiger partial charge on any atom is 0.321 e. The summed E-state index contributed by atoms with van der Waals surface area (Å²) in [5, 5.41) is 14.3. The highest BCUT2D eigenvalue weighted by Crippen LogP contribution is 2.28. The second-order valence-corrected chi connectivity index (χ2v) is 9.53. The van der Waals surface area contributed by atoms with Crippen LogP contribution >= 0.6 is 11.3 Å². The Balaban J connectivity index is 1.42. The van der Waals surface area contributed by atoms with Crippen molar-refractivity contribution in [2.75, 3.05) is 37.9 Å². The Bertz CT molecular complexity index is 1470. The molecule has 40 heavy (non-hydrogen) atoms. The summed E-state index contributed by atoms with van der Waals surface area (Å²) in [6, 6.07) is 17.1. The Labute approximate surface area is 233 Å². The first-order valence-corrected chi connectivity index (χ1v) is 13.1. The Hall–Kier alpha value is -4.58. The van der Waals surface area contributed by atoms with Gasteiger partial charge in [-0.2, -0.15) is 0 Å². The number of hydrogen-bond acceptors (Lipinski definition) is 7. The van der Waals surface area contributed by atoms with Crippen molar-refractivity contribution in [3.05, 3.63) is 83.9 Å². The zero-order valence-corrected chi connectivity index (χ0v) is 22.6. The zero-order chi connectivity index (χ0) is 28.5. The number of anilines is 2. The molecule has 3 aromatic carbocycles. The molecule has 0 radical (unpaired) electrons. The highest BCUT2D eigenvalue weighted by Gasteiger charge is 2.18. The van der Waals surface area contributed by atoms with Crippen LogP contribution in [0.5, 0.6) is 11.5 Å². The van der Waals surface area contributed by atoms with Crippen LogP contribution in [-0.2, 0) is 11.2 Å². The third-order valence-corrected chi connectivity index (χ3v) is 6.77. The molecule has 0 atom stereocenters. The smallest absolute Gasteiger partial charge is 0.321 e. The molecule has 1 aromatic heterocycles. The van der Waals surface area contributed by atoms with E-state index in [0.717, 1.165) is 23.3 Å². The first kappa shape index (κ1) is 28.4. The number of ether oxygens (including phenoxy) is 2. The lowest BCUT2D eigenvalue weighted by Gasteiger charge is -2.23. The SMILES string of the molecule is COc1ccc(CCN(CCC(=O)Nc2nnc(-c3ccccc3)s2)C(=O)Nc2ccc(F)cc2F)cc1OC. The third kappa shape index (κ3) is 7.50. The summed E-state index contributed by atoms with van der Waals surface area (Å²) in [5.74, 6) is -0.930. The third-order valence-electron chi connectivity index (χ3n) is 5.88. The van der Waals surface area contributed by atoms with E-state index in [1.54, 1.807) is 12.1 Å². The lowest BCUT2D eigenvalue weighted by molar-refractivity contribution is -0.116. The van der Waals surface area contributed by atoms with Gasteiger partial charge in [0.05, 0.1) is 19.9 Å². The van der Waals surface area contributed by atoms with Gasteiger partial charge in [0, 0.05) is 31.1 Å². The van der Waals surface area contributed by atoms with Crippen molar-refractivity contribution < 1.29 is 27.8 Å². The zero-order valence-electron chi connectivity index (χ0n) is 21.8. The summed E-state index contributed by atoms with van der Waals surface area (Å²) >= 11 is 1.23. The standard InChI is InChI=1S/C28H27F2N5O4S/c1-38-23-11-8-18(16-24(23)39-2)12-14-35(28(37)31-22-10-9-20(29)17-21(22)30)15-13-25(36)32-27-34-33-26(40-27)19-6-4-3-5-7-19/h3-11,16-17H,12-15H2,1-2H3,(H,31,37)(H,32,34,36). The number of nitrogens with one attached hydrogen (secondary N) is 2. The minimum Gasteiger partial charge on any atom is -0.493 e. The van der Waals surface area contributed by atoms with E-state index >= 15 is 0 Å². The second-order valence-electron chi connectivity index (χ2n) is 8.56. The topological polar surface area (TPSA) is 106 Å². The molecule has 0 spiro atoms. The van der Waals surface area contributed by atoms with Crippen molar-refractivity contribution in [2.24, 2.45) is 0 Å². The molecule has 0 saturated heterocycles. The monoisotopic (exact) mass is 567 g/mol. The highest BCUT2D eigenvalue weighted by atomic mass is 32.1. The maximum atomic E-state index is 14.2. The Morgan fingerprint density at radius 3 is 2.40 bits per heavy atom. The first-order chi connectivity index (χ1) is 19.4. The second kappa shape index (κ2) is 13.5. The van der Waals surface area contributed by atoms with E-state index in [2.05, 4.69) is 20.8 Å². The van der Waals surface area contributed by atoms with Gasteiger partial charge >= 0.3 is 6.03 Å². The molecule has 4 aromatic rings. The number of carbonyl (C=O) groups is 2. The summed E-state index contributed by atoms with van der Waals surface area (Å²) < 4.78 is 38.1. The van der Waals surface area contributed by atoms with Crippen molar-refractivity contribution in [3.63, 3.8) is 0 Å². The van der Waals surface area contributed by atoms with E-state index in [0.29, 0.717) is 34.1 Å². The van der Waals surface area contributed by atoms with Gasteiger partial charge < -0.3 is 25.0 Å². The Morgan fingerprint density at radius 2 is 1.68 bits per heavy atom. The van der Waals surface area contributed by atoms with E-state index < -0.39 is 17.7 Å². The number of urea groups is 1. The van der Waals surface area contributed by atoms with Gasteiger partial charge in [-0.3, -0.25) is 4.79 Å². The summed E-state index contributed by atoms with van der Waals surface area (Å²) in [7, 11) is 3.06. The number of benzene rings is 3. The number of carbonyl (C=O) groups excluding carboxylic acids is 2. The van der Waals surface area contributed by atoms with E-state index in [4.69, 9.17) is 9.47 Å². The predicted molar refractivity (Wildman–Crippen MR) is 149 cm³/mol. The molecule has 0 aliphatic rings. The molecule has 4 rings (SSSR count). The van der Waals surface area contributed by atoms with Gasteiger partial charge in [0.25, 0.3) is 0 Å². The lowest BCUT2D eigenvalue weighted by Crippen LogP contribution is -2.38. The van der Waals surface area contributed by atoms with Crippen LogP contribution in [0.15, 0.2) is 66.7 Å². The van der Waals surface area contributed by atoms with E-state index in [1.807, 2.05) is 36.4 Å². The van der Waals surface area contributed by atoms with E-state index in [-0.39, 0.29) is 31.1 Å². The number of hydrogen-bond donors (Lipinski definition) is 2. The number of rotatable bonds is 11. The van der Waals surface area contributed by atoms with E-state index in [9.17, 15) is 18.4 Å². The van der Waals surface area contributed by atoms with Crippen LogP contribution in [0.4, 0.5) is 24.4 Å². The first-order valence-electron chi connectivity index (χ1n) is 12.3. The van der Waals surface area contributed by atoms with Crippen molar-refractivity contribution in [3.8, 4) is 22.1 Å². The number of halogens is 2. The quantitative estimate of drug-likeness (QED) is 0.244. The van der Waals surface area contributed by atoms with Gasteiger partial charge in [-0.15, -0.1) is 10.2 Å². The summed E-state index contributed by atoms with van der Waals surface area (Å²) in [4.78, 5) is 27.2. The van der Waals surface area contributed by atoms with Crippen LogP contribution in [0, 0.1) is 11.6 Å². The summed E-state index contributed by atoms with van der Waals surface area (Å²) in [5.41, 5.74) is 1.57. The van der Waals surface area contributed by atoms with Crippen molar-refractivity contribution in [2.45, 2.75) is 12.8 Å². The van der Waals surface area contributed by atoms with Crippen LogP contribution < -0.4 is 20.1 Å². The fraction of sp³-hybridized carbons (Fsp3) is 0.214. The van der Waals surface area contributed by atoms with Gasteiger partial charge in [0.2, 0.25) is 11.0 Å². The number of aromatic nitrogens is 2. The number of amides is 3. The van der Waals surface area contributed by atoms with E-state index in [1.165, 1.54) is 30.5 Å². The minimum atomic E-state index is -0.906. The molecule has 208 valence electrons. The molecule has 0 saturated carbocycles. The molecule has 0 bridgehead atoms. The van der Waals surface area contributed by atoms with Gasteiger partial charge in [-0.25, -0.2) is 13.6 Å². The van der Waals surface area contributed by atoms with Gasteiger partial charge in [0.1, 0.15) is 16.6 Å². The Morgan fingerprint density at radius 1 is 0.900 bits per heavy atom. The lowest BCUT2D eigenvalue weighted by atomic mass is 10.1. The minimum absolute atomic E-state index is 0.0259. The predicted octanol–water partition coefficient (Wildman–Crippen LogP) is 5.61. The van der Waals surface area contributed by atoms with Gasteiger partial charge in [-0.05, 0) is 36.2 Å². The largest absolute Gasteiger partial charge is 0.493 e. The van der Waals surface area contributed by atoms with Crippen molar-refractivity contribution in [1.29, 1.82) is 0 Å². The average Bonchev–Trinajstić information content (AvgIpc) is 3.43. The van der Waals surface area contributed by atoms with Crippen LogP contribution in [-0.4, -0.2) is 54.3 Å². The molecular formula is C28H27F2N5O4S. The molecule has 3 amide bonds. The molecule has 0 aliphatic heterocycles. The normalized spacial score (nSPS) is 10.6. The van der Waals surface area contributed by atoms with Crippen molar-refractivity contribution in [1.82, 2.24) is 15.1 Å². The van der Waals surface area contributed by atoms with Crippen LogP contribution in [0.25, 0.3) is 10.6 Å². The molecule has 0 aliphatic carbocycles. The fourth-order valence-corrected chi connectivity index (χ4v) is 4.55. The summed E-state index contributed by atoms with van der Waals surface area (Å²) in [6.45, 7) is 0.229. The highest BCUT2D eigenvalue weighted by molar-refractivity contribution is 7.18. The molecule has 1 heterocycles. The van der Waals surface area contributed by atoms with Crippen LogP contribution in [0.2, 0.25) is 0 Å². The number of methoxy groups -OCH3 is 2. The molecular weight excluding hydrogens is 540 g/mol. The molecule has 12 heteroatoms. The number of nitrogens with zero attached hydrogens (tertiary/aromatic N) is 3. The maximum absolute atomic E-state index is 14.2. The summed E-state index contributed by atoms with van der Waals surface area (Å²) in [6.07, 6.45) is 0.365. The average molecular weight is 568 g/mol. The van der Waals surface area contributed by atoms with Gasteiger partial charge in [-0.1, -0.05) is 47.7 Å². The molecule has 0 unspecified atom stereocenters. The van der Waals surface area contributed by atoms with Crippen LogP contribution in [0.1, 0.15) is 12.0 Å². The van der Waals surface area contributed by atoms with Gasteiger partial charge in [0.15, 0.2) is 11.5 Å².